The fraction of sp³-hybridized carbons (Fsp3) is 0.190. The highest BCUT2D eigenvalue weighted by Crippen LogP contribution is 2.26. The summed E-state index contributed by atoms with van der Waals surface area (Å²) in [7, 11) is 0. The summed E-state index contributed by atoms with van der Waals surface area (Å²) >= 11 is 6.20. The van der Waals surface area contributed by atoms with Gasteiger partial charge in [0, 0.05) is 23.6 Å². The number of hydrogen-bond donors (Lipinski definition) is 2. The Kier molecular flexibility index (Phi) is 4.78. The Hall–Kier alpha value is -2.56. The second kappa shape index (κ2) is 7.36. The molecular formula is C21H20ClN3O. The van der Waals surface area contributed by atoms with Crippen LogP contribution >= 0.6 is 11.6 Å². The maximum absolute atomic E-state index is 6.20. The summed E-state index contributed by atoms with van der Waals surface area (Å²) in [6, 6.07) is 18.0. The van der Waals surface area contributed by atoms with Gasteiger partial charge in [-0.3, -0.25) is 0 Å². The highest BCUT2D eigenvalue weighted by molar-refractivity contribution is 6.31. The molecule has 0 unspecified atom stereocenters. The Morgan fingerprint density at radius 3 is 2.85 bits per heavy atom. The number of halogens is 1. The topological polar surface area (TPSA) is 53.9 Å². The average Bonchev–Trinajstić information content (AvgIpc) is 3.27. The van der Waals surface area contributed by atoms with Gasteiger partial charge in [0.15, 0.2) is 0 Å². The first-order valence-electron chi connectivity index (χ1n) is 8.68. The largest absolute Gasteiger partial charge is 0.460 e. The molecule has 0 spiro atoms. The molecule has 0 amide bonds. The minimum Gasteiger partial charge on any atom is -0.460 e. The van der Waals surface area contributed by atoms with Gasteiger partial charge in [-0.15, -0.1) is 0 Å². The molecule has 0 aliphatic carbocycles. The number of fused-ring (bicyclic) bond motifs is 1. The van der Waals surface area contributed by atoms with Crippen LogP contribution in [0, 0.1) is 6.92 Å². The van der Waals surface area contributed by atoms with Crippen LogP contribution in [0.4, 0.5) is 0 Å². The standard InChI is InChI=1S/C21H20ClN3O/c1-14-6-7-15(12-17(14)22)20-9-8-16(26-20)13-23-11-10-21-24-18-4-2-3-5-19(18)25-21/h2-9,12,23H,10-11,13H2,1H3,(H,24,25). The lowest BCUT2D eigenvalue weighted by molar-refractivity contribution is 0.494. The third kappa shape index (κ3) is 3.66. The van der Waals surface area contributed by atoms with Crippen molar-refractivity contribution in [1.29, 1.82) is 0 Å². The first-order chi connectivity index (χ1) is 12.7. The predicted molar refractivity (Wildman–Crippen MR) is 105 cm³/mol. The molecule has 0 atom stereocenters. The number of aromatic amines is 1. The lowest BCUT2D eigenvalue weighted by Crippen LogP contribution is -2.16. The maximum Gasteiger partial charge on any atom is 0.134 e. The number of furan rings is 1. The molecule has 5 heteroatoms. The molecule has 0 aliphatic heterocycles. The van der Waals surface area contributed by atoms with Gasteiger partial charge in [0.05, 0.1) is 17.6 Å². The summed E-state index contributed by atoms with van der Waals surface area (Å²) < 4.78 is 5.92. The summed E-state index contributed by atoms with van der Waals surface area (Å²) in [6.07, 6.45) is 0.843. The monoisotopic (exact) mass is 365 g/mol. The smallest absolute Gasteiger partial charge is 0.134 e. The van der Waals surface area contributed by atoms with Gasteiger partial charge in [0.25, 0.3) is 0 Å². The summed E-state index contributed by atoms with van der Waals surface area (Å²) in [6.45, 7) is 3.50. The number of para-hydroxylation sites is 2. The molecule has 0 fully saturated rings. The second-order valence-corrected chi connectivity index (χ2v) is 6.76. The van der Waals surface area contributed by atoms with E-state index in [1.54, 1.807) is 0 Å². The number of aromatic nitrogens is 2. The fourth-order valence-electron chi connectivity index (χ4n) is 2.92. The first kappa shape index (κ1) is 16.9. The van der Waals surface area contributed by atoms with Crippen molar-refractivity contribution in [3.8, 4) is 11.3 Å². The van der Waals surface area contributed by atoms with E-state index in [1.165, 1.54) is 0 Å². The lowest BCUT2D eigenvalue weighted by Gasteiger charge is -2.02. The van der Waals surface area contributed by atoms with Crippen LogP contribution in [-0.2, 0) is 13.0 Å². The number of aryl methyl sites for hydroxylation is 1. The highest BCUT2D eigenvalue weighted by Gasteiger charge is 2.07. The summed E-state index contributed by atoms with van der Waals surface area (Å²) in [4.78, 5) is 7.93. The molecule has 2 N–H and O–H groups in total. The Balaban J connectivity index is 1.32. The maximum atomic E-state index is 6.20. The van der Waals surface area contributed by atoms with Crippen LogP contribution in [0.3, 0.4) is 0 Å². The molecular weight excluding hydrogens is 346 g/mol. The van der Waals surface area contributed by atoms with Gasteiger partial charge in [-0.25, -0.2) is 4.98 Å². The van der Waals surface area contributed by atoms with E-state index in [-0.39, 0.29) is 0 Å². The van der Waals surface area contributed by atoms with Crippen molar-refractivity contribution in [3.05, 3.63) is 76.8 Å². The average molecular weight is 366 g/mol. The zero-order chi connectivity index (χ0) is 17.9. The van der Waals surface area contributed by atoms with E-state index in [2.05, 4.69) is 15.3 Å². The van der Waals surface area contributed by atoms with Crippen LogP contribution in [-0.4, -0.2) is 16.5 Å². The quantitative estimate of drug-likeness (QED) is 0.466. The van der Waals surface area contributed by atoms with E-state index < -0.39 is 0 Å². The van der Waals surface area contributed by atoms with Crippen molar-refractivity contribution < 1.29 is 4.42 Å². The number of hydrogen-bond acceptors (Lipinski definition) is 3. The van der Waals surface area contributed by atoms with E-state index in [0.717, 1.165) is 57.5 Å². The van der Waals surface area contributed by atoms with E-state index in [1.807, 2.05) is 61.5 Å². The molecule has 0 saturated heterocycles. The zero-order valence-electron chi connectivity index (χ0n) is 14.6. The van der Waals surface area contributed by atoms with E-state index in [9.17, 15) is 0 Å². The summed E-state index contributed by atoms with van der Waals surface area (Å²) in [5, 5.41) is 4.15. The van der Waals surface area contributed by atoms with E-state index in [4.69, 9.17) is 16.0 Å². The molecule has 4 nitrogen and oxygen atoms in total. The Morgan fingerprint density at radius 1 is 1.12 bits per heavy atom. The minimum absolute atomic E-state index is 0.680. The van der Waals surface area contributed by atoms with Crippen molar-refractivity contribution in [2.24, 2.45) is 0 Å². The van der Waals surface area contributed by atoms with Crippen LogP contribution in [0.1, 0.15) is 17.1 Å². The third-order valence-corrected chi connectivity index (χ3v) is 4.80. The lowest BCUT2D eigenvalue weighted by atomic mass is 10.1. The first-order valence-corrected chi connectivity index (χ1v) is 9.06. The zero-order valence-corrected chi connectivity index (χ0v) is 15.3. The van der Waals surface area contributed by atoms with E-state index in [0.29, 0.717) is 6.54 Å². The molecule has 0 bridgehead atoms. The van der Waals surface area contributed by atoms with Crippen molar-refractivity contribution in [2.75, 3.05) is 6.54 Å². The van der Waals surface area contributed by atoms with Gasteiger partial charge in [0.2, 0.25) is 0 Å². The van der Waals surface area contributed by atoms with Crippen LogP contribution < -0.4 is 5.32 Å². The molecule has 2 aromatic heterocycles. The Morgan fingerprint density at radius 2 is 2.00 bits per heavy atom. The third-order valence-electron chi connectivity index (χ3n) is 4.39. The minimum atomic E-state index is 0.680. The van der Waals surface area contributed by atoms with Gasteiger partial charge < -0.3 is 14.7 Å². The summed E-state index contributed by atoms with van der Waals surface area (Å²) in [5.41, 5.74) is 4.15. The number of nitrogens with zero attached hydrogens (tertiary/aromatic N) is 1. The van der Waals surface area contributed by atoms with Crippen LogP contribution in [0.25, 0.3) is 22.4 Å². The molecule has 4 rings (SSSR count). The number of benzene rings is 2. The Bertz CT molecular complexity index is 1000. The van der Waals surface area contributed by atoms with Crippen LogP contribution in [0.15, 0.2) is 59.0 Å². The second-order valence-electron chi connectivity index (χ2n) is 6.36. The van der Waals surface area contributed by atoms with Crippen molar-refractivity contribution in [1.82, 2.24) is 15.3 Å². The van der Waals surface area contributed by atoms with Crippen molar-refractivity contribution >= 4 is 22.6 Å². The number of imidazole rings is 1. The number of H-pyrrole nitrogens is 1. The van der Waals surface area contributed by atoms with Crippen LogP contribution in [0.2, 0.25) is 5.02 Å². The fourth-order valence-corrected chi connectivity index (χ4v) is 3.10. The molecule has 0 radical (unpaired) electrons. The SMILES string of the molecule is Cc1ccc(-c2ccc(CNCCc3nc4ccccc4[nH]3)o2)cc1Cl. The highest BCUT2D eigenvalue weighted by atomic mass is 35.5. The summed E-state index contributed by atoms with van der Waals surface area (Å²) in [5.74, 6) is 2.73. The van der Waals surface area contributed by atoms with Gasteiger partial charge in [-0.05, 0) is 42.8 Å². The molecule has 26 heavy (non-hydrogen) atoms. The molecule has 0 saturated carbocycles. The van der Waals surface area contributed by atoms with Gasteiger partial charge in [-0.2, -0.15) is 0 Å². The van der Waals surface area contributed by atoms with Gasteiger partial charge in [0.1, 0.15) is 17.3 Å². The number of nitrogens with one attached hydrogen (secondary N) is 2. The molecule has 2 aromatic carbocycles. The van der Waals surface area contributed by atoms with E-state index >= 15 is 0 Å². The predicted octanol–water partition coefficient (Wildman–Crippen LogP) is 5.12. The van der Waals surface area contributed by atoms with Crippen molar-refractivity contribution in [3.63, 3.8) is 0 Å². The number of rotatable bonds is 6. The Labute approximate surface area is 157 Å². The van der Waals surface area contributed by atoms with Gasteiger partial charge in [-0.1, -0.05) is 35.9 Å². The van der Waals surface area contributed by atoms with Crippen molar-refractivity contribution in [2.45, 2.75) is 19.9 Å². The normalized spacial score (nSPS) is 11.3. The van der Waals surface area contributed by atoms with Crippen LogP contribution in [0.5, 0.6) is 0 Å². The molecule has 0 aliphatic rings. The molecule has 132 valence electrons. The molecule has 4 aromatic rings. The molecule has 2 heterocycles. The van der Waals surface area contributed by atoms with Gasteiger partial charge >= 0.3 is 0 Å².